The van der Waals surface area contributed by atoms with Crippen LogP contribution in [0.2, 0.25) is 0 Å². The number of anilines is 1. The lowest BCUT2D eigenvalue weighted by atomic mass is 10.0. The van der Waals surface area contributed by atoms with Gasteiger partial charge in [0.05, 0.1) is 23.1 Å². The van der Waals surface area contributed by atoms with Gasteiger partial charge in [-0.1, -0.05) is 18.8 Å². The first-order valence-corrected chi connectivity index (χ1v) is 10.2. The molecule has 0 aromatic carbocycles. The molecule has 1 aliphatic carbocycles. The van der Waals surface area contributed by atoms with Crippen LogP contribution in [-0.4, -0.2) is 10.4 Å². The second kappa shape index (κ2) is 7.20. The fourth-order valence-electron chi connectivity index (χ4n) is 3.04. The van der Waals surface area contributed by atoms with Gasteiger partial charge in [0.2, 0.25) is 0 Å². The Kier molecular flexibility index (Phi) is 4.80. The van der Waals surface area contributed by atoms with Gasteiger partial charge in [-0.3, -0.25) is 0 Å². The Labute approximate surface area is 155 Å². The van der Waals surface area contributed by atoms with Gasteiger partial charge < -0.3 is 15.5 Å². The predicted octanol–water partition coefficient (Wildman–Crippen LogP) is 4.60. The van der Waals surface area contributed by atoms with Crippen molar-refractivity contribution >= 4 is 38.1 Å². The van der Waals surface area contributed by atoms with Crippen LogP contribution >= 0.6 is 22.9 Å². The van der Waals surface area contributed by atoms with Crippen molar-refractivity contribution in [2.24, 2.45) is 11.7 Å². The Hall–Kier alpha value is -1.81. The lowest BCUT2D eigenvalue weighted by Crippen LogP contribution is -2.23. The monoisotopic (exact) mass is 371 g/mol. The molecule has 3 N–H and O–H groups in total. The summed E-state index contributed by atoms with van der Waals surface area (Å²) in [5.41, 5.74) is 8.46. The number of thiophene rings is 1. The van der Waals surface area contributed by atoms with E-state index >= 15 is 0 Å². The number of nitrogens with zero attached hydrogens (tertiary/aromatic N) is 1. The first-order valence-electron chi connectivity index (χ1n) is 8.60. The number of hydrogen-bond acceptors (Lipinski definition) is 6. The molecule has 25 heavy (non-hydrogen) atoms. The molecule has 0 aliphatic heterocycles. The Balaban J connectivity index is 1.58. The highest BCUT2D eigenvalue weighted by Gasteiger charge is 2.25. The minimum atomic E-state index is 0.218. The average molecular weight is 372 g/mol. The summed E-state index contributed by atoms with van der Waals surface area (Å²) in [6.45, 7) is 2.54. The van der Waals surface area contributed by atoms with E-state index in [9.17, 15) is 0 Å². The van der Waals surface area contributed by atoms with Crippen molar-refractivity contribution in [1.29, 1.82) is 0 Å². The highest BCUT2D eigenvalue weighted by atomic mass is 32.1. The van der Waals surface area contributed by atoms with Crippen LogP contribution in [0.4, 0.5) is 5.00 Å². The average Bonchev–Trinajstić information content (AvgIpc) is 2.99. The summed E-state index contributed by atoms with van der Waals surface area (Å²) in [7, 11) is 0. The summed E-state index contributed by atoms with van der Waals surface area (Å²) in [6, 6.07) is 4.09. The van der Waals surface area contributed by atoms with Crippen LogP contribution in [0.25, 0.3) is 10.2 Å². The fraction of sp³-hybridized carbons (Fsp3) is 0.421. The van der Waals surface area contributed by atoms with E-state index in [0.717, 1.165) is 40.6 Å². The molecular formula is C19H21N3OS2. The van der Waals surface area contributed by atoms with Gasteiger partial charge in [0, 0.05) is 10.9 Å². The maximum atomic E-state index is 6.38. The summed E-state index contributed by atoms with van der Waals surface area (Å²) in [4.78, 5) is 1.27. The molecule has 0 amide bonds. The molecule has 0 spiro atoms. The molecule has 0 saturated heterocycles. The molecule has 130 valence electrons. The zero-order valence-electron chi connectivity index (χ0n) is 14.2. The summed E-state index contributed by atoms with van der Waals surface area (Å²) in [5, 5.41) is 4.52. The molecule has 1 atom stereocenters. The maximum Gasteiger partial charge on any atom is 0.127 e. The molecule has 3 aromatic heterocycles. The van der Waals surface area contributed by atoms with Gasteiger partial charge in [0.1, 0.15) is 16.3 Å². The molecule has 1 saturated carbocycles. The van der Waals surface area contributed by atoms with Crippen LogP contribution in [0.15, 0.2) is 22.8 Å². The normalized spacial score (nSPS) is 15.1. The topological polar surface area (TPSA) is 64.1 Å². The van der Waals surface area contributed by atoms with Gasteiger partial charge in [-0.15, -0.1) is 17.3 Å². The largest absolute Gasteiger partial charge is 0.467 e. The molecule has 1 fully saturated rings. The van der Waals surface area contributed by atoms with Crippen LogP contribution in [0.1, 0.15) is 42.4 Å². The molecule has 0 bridgehead atoms. The number of hydrogen-bond donors (Lipinski definition) is 2. The van der Waals surface area contributed by atoms with E-state index in [1.54, 1.807) is 17.6 Å². The number of furan rings is 1. The molecule has 3 heterocycles. The van der Waals surface area contributed by atoms with Crippen molar-refractivity contribution in [3.63, 3.8) is 0 Å². The quantitative estimate of drug-likeness (QED) is 0.596. The van der Waals surface area contributed by atoms with Crippen molar-refractivity contribution in [2.75, 3.05) is 5.32 Å². The smallest absolute Gasteiger partial charge is 0.127 e. The molecule has 3 aromatic rings. The van der Waals surface area contributed by atoms with Crippen molar-refractivity contribution in [2.45, 2.75) is 45.2 Å². The van der Waals surface area contributed by atoms with Gasteiger partial charge in [-0.2, -0.15) is 4.37 Å². The number of aromatic nitrogens is 1. The lowest BCUT2D eigenvalue weighted by molar-refractivity contribution is 0.518. The Morgan fingerprint density at radius 1 is 1.48 bits per heavy atom. The Morgan fingerprint density at radius 3 is 3.08 bits per heavy atom. The lowest BCUT2D eigenvalue weighted by Gasteiger charge is -2.09. The zero-order valence-corrected chi connectivity index (χ0v) is 15.8. The molecule has 4 rings (SSSR count). The van der Waals surface area contributed by atoms with Crippen molar-refractivity contribution in [3.8, 4) is 11.8 Å². The van der Waals surface area contributed by atoms with Crippen molar-refractivity contribution < 1.29 is 4.42 Å². The first-order chi connectivity index (χ1) is 12.2. The van der Waals surface area contributed by atoms with Crippen molar-refractivity contribution in [3.05, 3.63) is 34.6 Å². The summed E-state index contributed by atoms with van der Waals surface area (Å²) < 4.78 is 11.2. The molecule has 4 nitrogen and oxygen atoms in total. The second-order valence-electron chi connectivity index (χ2n) is 6.54. The van der Waals surface area contributed by atoms with E-state index in [-0.39, 0.29) is 6.04 Å². The van der Waals surface area contributed by atoms with Crippen LogP contribution in [0.5, 0.6) is 0 Å². The maximum absolute atomic E-state index is 6.38. The van der Waals surface area contributed by atoms with Gasteiger partial charge in [-0.25, -0.2) is 0 Å². The number of nitrogens with one attached hydrogen (secondary N) is 1. The van der Waals surface area contributed by atoms with Crippen LogP contribution < -0.4 is 11.1 Å². The van der Waals surface area contributed by atoms with E-state index in [4.69, 9.17) is 10.2 Å². The molecular weight excluding hydrogens is 350 g/mol. The van der Waals surface area contributed by atoms with Crippen LogP contribution in [-0.2, 0) is 13.0 Å². The van der Waals surface area contributed by atoms with E-state index < -0.39 is 0 Å². The molecule has 0 unspecified atom stereocenters. The highest BCUT2D eigenvalue weighted by molar-refractivity contribution is 7.24. The third-order valence-electron chi connectivity index (χ3n) is 4.42. The second-order valence-corrected chi connectivity index (χ2v) is 8.42. The van der Waals surface area contributed by atoms with E-state index in [2.05, 4.69) is 21.5 Å². The SMILES string of the molecule is CC#Cc1c(C[C@@H](N)CC2CC2)sc2c(NCc3ccco3)snc12. The third kappa shape index (κ3) is 3.74. The Bertz CT molecular complexity index is 910. The number of nitrogens with two attached hydrogens (primary N) is 1. The molecule has 1 aliphatic rings. The summed E-state index contributed by atoms with van der Waals surface area (Å²) in [5.74, 6) is 8.06. The van der Waals surface area contributed by atoms with E-state index in [1.165, 1.54) is 34.0 Å². The fourth-order valence-corrected chi connectivity index (χ4v) is 5.21. The third-order valence-corrected chi connectivity index (χ3v) is 6.58. The standard InChI is InChI=1S/C19H21N3OS2/c1-2-4-15-16(10-13(20)9-12-6-7-12)24-18-17(15)22-25-19(18)21-11-14-5-3-8-23-14/h3,5,8,12-13,21H,6-7,9-11,20H2,1H3/t13-/m0/s1. The Morgan fingerprint density at radius 2 is 2.36 bits per heavy atom. The minimum Gasteiger partial charge on any atom is -0.467 e. The van der Waals surface area contributed by atoms with E-state index in [1.807, 2.05) is 19.1 Å². The van der Waals surface area contributed by atoms with Gasteiger partial charge in [-0.05, 0) is 49.3 Å². The summed E-state index contributed by atoms with van der Waals surface area (Å²) >= 11 is 3.27. The van der Waals surface area contributed by atoms with Gasteiger partial charge in [0.25, 0.3) is 0 Å². The van der Waals surface area contributed by atoms with Crippen molar-refractivity contribution in [1.82, 2.24) is 4.37 Å². The number of fused-ring (bicyclic) bond motifs is 1. The molecule has 6 heteroatoms. The van der Waals surface area contributed by atoms with Crippen LogP contribution in [0, 0.1) is 17.8 Å². The highest BCUT2D eigenvalue weighted by Crippen LogP contribution is 2.40. The molecule has 0 radical (unpaired) electrons. The van der Waals surface area contributed by atoms with Gasteiger partial charge in [0.15, 0.2) is 0 Å². The van der Waals surface area contributed by atoms with E-state index in [0.29, 0.717) is 6.54 Å². The predicted molar refractivity (Wildman–Crippen MR) is 105 cm³/mol. The summed E-state index contributed by atoms with van der Waals surface area (Å²) in [6.07, 6.45) is 6.40. The number of rotatable bonds is 7. The minimum absolute atomic E-state index is 0.218. The van der Waals surface area contributed by atoms with Gasteiger partial charge >= 0.3 is 0 Å². The van der Waals surface area contributed by atoms with Crippen LogP contribution in [0.3, 0.4) is 0 Å². The first kappa shape index (κ1) is 16.6. The zero-order chi connectivity index (χ0) is 17.2.